The Morgan fingerprint density at radius 2 is 1.88 bits per heavy atom. The van der Waals surface area contributed by atoms with Crippen LogP contribution in [0.4, 0.5) is 0 Å². The molecule has 0 atom stereocenters. The van der Waals surface area contributed by atoms with Gasteiger partial charge in [0.25, 0.3) is 11.5 Å². The van der Waals surface area contributed by atoms with Crippen LogP contribution in [0, 0.1) is 6.92 Å². The zero-order valence-electron chi connectivity index (χ0n) is 13.9. The van der Waals surface area contributed by atoms with Crippen LogP contribution < -0.4 is 5.56 Å². The van der Waals surface area contributed by atoms with Crippen LogP contribution in [-0.4, -0.2) is 48.0 Å². The highest BCUT2D eigenvalue weighted by Gasteiger charge is 2.26. The minimum absolute atomic E-state index is 0.120. The Bertz CT molecular complexity index is 970. The van der Waals surface area contributed by atoms with E-state index in [4.69, 9.17) is 0 Å². The Hall–Kier alpha value is -3.03. The summed E-state index contributed by atoms with van der Waals surface area (Å²) in [6, 6.07) is 5.72. The number of likely N-dealkylation sites (tertiary alicyclic amines) is 1. The first-order valence-corrected chi connectivity index (χ1v) is 8.26. The average molecular weight is 338 g/mol. The molecule has 25 heavy (non-hydrogen) atoms. The van der Waals surface area contributed by atoms with Crippen molar-refractivity contribution in [1.29, 1.82) is 0 Å². The maximum atomic E-state index is 12.8. The molecule has 1 aliphatic rings. The van der Waals surface area contributed by atoms with E-state index in [1.165, 1.54) is 10.6 Å². The van der Waals surface area contributed by atoms with Crippen molar-refractivity contribution < 1.29 is 4.79 Å². The molecule has 1 saturated heterocycles. The fourth-order valence-electron chi connectivity index (χ4n) is 3.36. The largest absolute Gasteiger partial charge is 0.338 e. The monoisotopic (exact) mass is 338 g/mol. The van der Waals surface area contributed by atoms with Crippen LogP contribution >= 0.6 is 0 Å². The minimum Gasteiger partial charge on any atom is -0.338 e. The maximum Gasteiger partial charge on any atom is 0.270 e. The number of aryl methyl sites for hydroxylation is 1. The SMILES string of the molecule is Cc1cccc2ncc(C(=O)N3CCC(n4cnnc4)CC3)c(=O)n12. The lowest BCUT2D eigenvalue weighted by molar-refractivity contribution is 0.0692. The first kappa shape index (κ1) is 15.5. The van der Waals surface area contributed by atoms with Crippen molar-refractivity contribution in [3.63, 3.8) is 0 Å². The summed E-state index contributed by atoms with van der Waals surface area (Å²) in [5.74, 6) is -0.252. The van der Waals surface area contributed by atoms with E-state index in [0.717, 1.165) is 18.5 Å². The Morgan fingerprint density at radius 3 is 2.60 bits per heavy atom. The number of amides is 1. The molecule has 4 rings (SSSR count). The first-order chi connectivity index (χ1) is 12.1. The van der Waals surface area contributed by atoms with Gasteiger partial charge in [-0.05, 0) is 31.9 Å². The Kier molecular flexibility index (Phi) is 3.79. The predicted octanol–water partition coefficient (Wildman–Crippen LogP) is 1.07. The molecule has 0 bridgehead atoms. The highest BCUT2D eigenvalue weighted by atomic mass is 16.2. The van der Waals surface area contributed by atoms with Crippen LogP contribution in [0.3, 0.4) is 0 Å². The van der Waals surface area contributed by atoms with Crippen molar-refractivity contribution in [2.45, 2.75) is 25.8 Å². The highest BCUT2D eigenvalue weighted by Crippen LogP contribution is 2.22. The molecule has 1 aliphatic heterocycles. The number of hydrogen-bond acceptors (Lipinski definition) is 5. The summed E-state index contributed by atoms with van der Waals surface area (Å²) in [7, 11) is 0. The zero-order valence-corrected chi connectivity index (χ0v) is 13.9. The molecule has 0 saturated carbocycles. The lowest BCUT2D eigenvalue weighted by Crippen LogP contribution is -2.41. The molecule has 1 amide bonds. The molecule has 0 N–H and O–H groups in total. The van der Waals surface area contributed by atoms with Crippen LogP contribution in [0.1, 0.15) is 34.9 Å². The number of aromatic nitrogens is 5. The van der Waals surface area contributed by atoms with Crippen molar-refractivity contribution in [2.24, 2.45) is 0 Å². The number of rotatable bonds is 2. The van der Waals surface area contributed by atoms with Crippen LogP contribution in [0.25, 0.3) is 5.65 Å². The van der Waals surface area contributed by atoms with Crippen LogP contribution in [0.5, 0.6) is 0 Å². The summed E-state index contributed by atoms with van der Waals surface area (Å²) in [5, 5.41) is 7.66. The Balaban J connectivity index is 1.58. The summed E-state index contributed by atoms with van der Waals surface area (Å²) in [6.45, 7) is 3.02. The molecule has 1 fully saturated rings. The molecule has 3 aromatic heterocycles. The lowest BCUT2D eigenvalue weighted by Gasteiger charge is -2.32. The molecule has 0 unspecified atom stereocenters. The van der Waals surface area contributed by atoms with Crippen LogP contribution in [-0.2, 0) is 0 Å². The van der Waals surface area contributed by atoms with E-state index in [9.17, 15) is 9.59 Å². The van der Waals surface area contributed by atoms with Crippen LogP contribution in [0.15, 0.2) is 41.8 Å². The third kappa shape index (κ3) is 2.69. The number of carbonyl (C=O) groups excluding carboxylic acids is 1. The van der Waals surface area contributed by atoms with Crippen molar-refractivity contribution >= 4 is 11.6 Å². The standard InChI is InChI=1S/C17H18N6O2/c1-12-3-2-4-15-18-9-14(17(25)23(12)15)16(24)21-7-5-13(6-8-21)22-10-19-20-11-22/h2-4,9-11,13H,5-8H2,1H3. The van der Waals surface area contributed by atoms with E-state index in [1.807, 2.05) is 23.6 Å². The zero-order chi connectivity index (χ0) is 17.4. The van der Waals surface area contributed by atoms with Crippen LogP contribution in [0.2, 0.25) is 0 Å². The summed E-state index contributed by atoms with van der Waals surface area (Å²) in [4.78, 5) is 31.5. The topological polar surface area (TPSA) is 85.4 Å². The number of pyridine rings is 1. The van der Waals surface area contributed by atoms with Gasteiger partial charge in [0.1, 0.15) is 23.9 Å². The summed E-state index contributed by atoms with van der Waals surface area (Å²) in [5.41, 5.74) is 1.12. The van der Waals surface area contributed by atoms with E-state index in [2.05, 4.69) is 15.2 Å². The van der Waals surface area contributed by atoms with Gasteiger partial charge < -0.3 is 9.47 Å². The molecule has 3 aromatic rings. The van der Waals surface area contributed by atoms with E-state index in [0.29, 0.717) is 18.7 Å². The van der Waals surface area contributed by atoms with Gasteiger partial charge in [0.2, 0.25) is 0 Å². The quantitative estimate of drug-likeness (QED) is 0.698. The second-order valence-corrected chi connectivity index (χ2v) is 6.27. The molecule has 0 aliphatic carbocycles. The van der Waals surface area contributed by atoms with Gasteiger partial charge in [0, 0.05) is 31.0 Å². The molecular formula is C17H18N6O2. The number of carbonyl (C=O) groups is 1. The summed E-state index contributed by atoms with van der Waals surface area (Å²) in [6.07, 6.45) is 6.41. The minimum atomic E-state index is -0.311. The number of hydrogen-bond donors (Lipinski definition) is 0. The lowest BCUT2D eigenvalue weighted by atomic mass is 10.0. The molecule has 0 radical (unpaired) electrons. The van der Waals surface area contributed by atoms with Gasteiger partial charge in [-0.3, -0.25) is 14.0 Å². The highest BCUT2D eigenvalue weighted by molar-refractivity contribution is 5.93. The van der Waals surface area contributed by atoms with E-state index >= 15 is 0 Å². The molecule has 0 spiro atoms. The van der Waals surface area contributed by atoms with Gasteiger partial charge in [-0.2, -0.15) is 0 Å². The van der Waals surface area contributed by atoms with Gasteiger partial charge >= 0.3 is 0 Å². The maximum absolute atomic E-state index is 12.8. The number of nitrogens with zero attached hydrogens (tertiary/aromatic N) is 6. The molecule has 4 heterocycles. The van der Waals surface area contributed by atoms with E-state index in [1.54, 1.807) is 23.6 Å². The Morgan fingerprint density at radius 1 is 1.16 bits per heavy atom. The fraction of sp³-hybridized carbons (Fsp3) is 0.353. The molecule has 0 aromatic carbocycles. The first-order valence-electron chi connectivity index (χ1n) is 8.26. The van der Waals surface area contributed by atoms with E-state index in [-0.39, 0.29) is 23.1 Å². The van der Waals surface area contributed by atoms with Gasteiger partial charge in [-0.1, -0.05) is 6.07 Å². The smallest absolute Gasteiger partial charge is 0.270 e. The third-order valence-corrected chi connectivity index (χ3v) is 4.76. The normalized spacial score (nSPS) is 15.6. The van der Waals surface area contributed by atoms with Crippen molar-refractivity contribution in [3.8, 4) is 0 Å². The van der Waals surface area contributed by atoms with Crippen molar-refractivity contribution in [2.75, 3.05) is 13.1 Å². The molecule has 8 nitrogen and oxygen atoms in total. The molecule has 128 valence electrons. The van der Waals surface area contributed by atoms with E-state index < -0.39 is 0 Å². The van der Waals surface area contributed by atoms with Crippen molar-refractivity contribution in [1.82, 2.24) is 29.0 Å². The fourth-order valence-corrected chi connectivity index (χ4v) is 3.36. The average Bonchev–Trinajstić information content (AvgIpc) is 3.16. The second kappa shape index (κ2) is 6.12. The second-order valence-electron chi connectivity index (χ2n) is 6.27. The number of fused-ring (bicyclic) bond motifs is 1. The summed E-state index contributed by atoms with van der Waals surface area (Å²) >= 11 is 0. The Labute approximate surface area is 143 Å². The van der Waals surface area contributed by atoms with Gasteiger partial charge in [0.05, 0.1) is 0 Å². The van der Waals surface area contributed by atoms with Gasteiger partial charge in [-0.15, -0.1) is 10.2 Å². The third-order valence-electron chi connectivity index (χ3n) is 4.76. The number of piperidine rings is 1. The van der Waals surface area contributed by atoms with Gasteiger partial charge in [0.15, 0.2) is 0 Å². The van der Waals surface area contributed by atoms with Crippen molar-refractivity contribution in [3.05, 3.63) is 58.7 Å². The summed E-state index contributed by atoms with van der Waals surface area (Å²) < 4.78 is 3.45. The molecular weight excluding hydrogens is 320 g/mol. The molecule has 8 heteroatoms. The van der Waals surface area contributed by atoms with Gasteiger partial charge in [-0.25, -0.2) is 4.98 Å². The predicted molar refractivity (Wildman–Crippen MR) is 90.4 cm³/mol.